The van der Waals surface area contributed by atoms with Crippen molar-refractivity contribution in [3.63, 3.8) is 0 Å². The number of halogens is 1. The minimum absolute atomic E-state index is 0.108. The number of carbonyl (C=O) groups excluding carboxylic acids is 2. The molecule has 0 spiro atoms. The number of nitrogens with one attached hydrogen (secondary N) is 2. The Bertz CT molecular complexity index is 1090. The summed E-state index contributed by atoms with van der Waals surface area (Å²) in [5, 5.41) is 15.7. The third kappa shape index (κ3) is 5.75. The summed E-state index contributed by atoms with van der Waals surface area (Å²) >= 11 is 0. The number of rotatable bonds is 8. The monoisotopic (exact) mass is 439 g/mol. The zero-order valence-corrected chi connectivity index (χ0v) is 17.5. The highest BCUT2D eigenvalue weighted by molar-refractivity contribution is 5.95. The summed E-state index contributed by atoms with van der Waals surface area (Å²) in [5.74, 6) is -1.86. The summed E-state index contributed by atoms with van der Waals surface area (Å²) in [6, 6.07) is 10.2. The fraction of sp³-hybridized carbons (Fsp3) is 0.227. The minimum Gasteiger partial charge on any atom is -0.501 e. The number of ether oxygens (including phenoxy) is 1. The van der Waals surface area contributed by atoms with Gasteiger partial charge in [-0.25, -0.2) is 9.37 Å². The summed E-state index contributed by atoms with van der Waals surface area (Å²) in [6.07, 6.45) is 1.69. The van der Waals surface area contributed by atoms with Crippen molar-refractivity contribution in [1.29, 1.82) is 0 Å². The SMILES string of the molecule is COc1nc(CC(C)NC(=O)c2ccccn2)nc(C(=O)NCc2ccc(F)cc2)c1O. The number of pyridine rings is 1. The summed E-state index contributed by atoms with van der Waals surface area (Å²) < 4.78 is 18.1. The van der Waals surface area contributed by atoms with E-state index in [0.29, 0.717) is 5.56 Å². The maximum Gasteiger partial charge on any atom is 0.274 e. The molecule has 2 heterocycles. The Morgan fingerprint density at radius 2 is 1.88 bits per heavy atom. The smallest absolute Gasteiger partial charge is 0.274 e. The molecule has 10 heteroatoms. The highest BCUT2D eigenvalue weighted by Crippen LogP contribution is 2.26. The summed E-state index contributed by atoms with van der Waals surface area (Å²) in [5.41, 5.74) is 0.674. The number of amides is 2. The largest absolute Gasteiger partial charge is 0.501 e. The van der Waals surface area contributed by atoms with E-state index in [0.717, 1.165) is 0 Å². The number of aromatic nitrogens is 3. The van der Waals surface area contributed by atoms with E-state index in [1.54, 1.807) is 25.1 Å². The van der Waals surface area contributed by atoms with Crippen LogP contribution < -0.4 is 15.4 Å². The maximum absolute atomic E-state index is 13.0. The number of nitrogens with zero attached hydrogens (tertiary/aromatic N) is 3. The fourth-order valence-electron chi connectivity index (χ4n) is 2.86. The van der Waals surface area contributed by atoms with Gasteiger partial charge in [0, 0.05) is 25.2 Å². The van der Waals surface area contributed by atoms with Crippen LogP contribution in [0.15, 0.2) is 48.7 Å². The molecule has 1 unspecified atom stereocenters. The molecule has 0 aliphatic rings. The molecule has 1 atom stereocenters. The number of benzene rings is 1. The Morgan fingerprint density at radius 1 is 1.12 bits per heavy atom. The lowest BCUT2D eigenvalue weighted by Crippen LogP contribution is -2.35. The van der Waals surface area contributed by atoms with Gasteiger partial charge in [0.2, 0.25) is 5.75 Å². The van der Waals surface area contributed by atoms with Crippen molar-refractivity contribution in [2.45, 2.75) is 25.9 Å². The summed E-state index contributed by atoms with van der Waals surface area (Å²) in [6.45, 7) is 1.86. The van der Waals surface area contributed by atoms with E-state index in [9.17, 15) is 19.1 Å². The lowest BCUT2D eigenvalue weighted by atomic mass is 10.2. The van der Waals surface area contributed by atoms with Crippen molar-refractivity contribution in [1.82, 2.24) is 25.6 Å². The van der Waals surface area contributed by atoms with Crippen LogP contribution >= 0.6 is 0 Å². The van der Waals surface area contributed by atoms with Gasteiger partial charge < -0.3 is 20.5 Å². The third-order valence-corrected chi connectivity index (χ3v) is 4.44. The minimum atomic E-state index is -0.654. The van der Waals surface area contributed by atoms with Crippen LogP contribution in [0.4, 0.5) is 4.39 Å². The molecule has 0 fully saturated rings. The molecule has 0 aliphatic heterocycles. The van der Waals surface area contributed by atoms with Crippen LogP contribution in [0.5, 0.6) is 11.6 Å². The van der Waals surface area contributed by atoms with Gasteiger partial charge in [-0.3, -0.25) is 14.6 Å². The second-order valence-electron chi connectivity index (χ2n) is 6.95. The fourth-order valence-corrected chi connectivity index (χ4v) is 2.86. The molecule has 2 amide bonds. The average molecular weight is 439 g/mol. The molecular formula is C22H22FN5O4. The van der Waals surface area contributed by atoms with Gasteiger partial charge in [0.15, 0.2) is 5.69 Å². The Kier molecular flexibility index (Phi) is 7.27. The molecule has 166 valence electrons. The van der Waals surface area contributed by atoms with Gasteiger partial charge in [-0.15, -0.1) is 0 Å². The molecule has 0 aliphatic carbocycles. The number of hydrogen-bond acceptors (Lipinski definition) is 7. The molecule has 3 rings (SSSR count). The first-order valence-corrected chi connectivity index (χ1v) is 9.75. The van der Waals surface area contributed by atoms with Crippen LogP contribution in [0, 0.1) is 5.82 Å². The van der Waals surface area contributed by atoms with Crippen LogP contribution in [-0.2, 0) is 13.0 Å². The maximum atomic E-state index is 13.0. The van der Waals surface area contributed by atoms with Crippen molar-refractivity contribution in [3.05, 3.63) is 77.3 Å². The Balaban J connectivity index is 1.71. The van der Waals surface area contributed by atoms with Crippen molar-refractivity contribution in [2.75, 3.05) is 7.11 Å². The van der Waals surface area contributed by atoms with Crippen LogP contribution in [0.3, 0.4) is 0 Å². The summed E-state index contributed by atoms with van der Waals surface area (Å²) in [4.78, 5) is 37.1. The van der Waals surface area contributed by atoms with Crippen molar-refractivity contribution >= 4 is 11.8 Å². The van der Waals surface area contributed by atoms with E-state index in [2.05, 4.69) is 25.6 Å². The number of hydrogen-bond donors (Lipinski definition) is 3. The molecule has 3 aromatic rings. The van der Waals surface area contributed by atoms with E-state index in [4.69, 9.17) is 4.74 Å². The Hall–Kier alpha value is -4.08. The van der Waals surface area contributed by atoms with Crippen molar-refractivity contribution in [2.24, 2.45) is 0 Å². The lowest BCUT2D eigenvalue weighted by Gasteiger charge is -2.15. The van der Waals surface area contributed by atoms with Gasteiger partial charge in [-0.05, 0) is 36.8 Å². The second-order valence-corrected chi connectivity index (χ2v) is 6.95. The molecule has 0 bridgehead atoms. The van der Waals surface area contributed by atoms with E-state index in [-0.39, 0.29) is 47.8 Å². The molecule has 9 nitrogen and oxygen atoms in total. The standard InChI is InChI=1S/C22H22FN5O4/c1-13(26-20(30)16-5-3-4-10-24-16)11-17-27-18(19(29)22(28-17)32-2)21(31)25-12-14-6-8-15(23)9-7-14/h3-10,13,29H,11-12H2,1-2H3,(H,25,31)(H,26,30). The highest BCUT2D eigenvalue weighted by atomic mass is 19.1. The third-order valence-electron chi connectivity index (χ3n) is 4.44. The Morgan fingerprint density at radius 3 is 2.53 bits per heavy atom. The highest BCUT2D eigenvalue weighted by Gasteiger charge is 2.22. The van der Waals surface area contributed by atoms with E-state index >= 15 is 0 Å². The summed E-state index contributed by atoms with van der Waals surface area (Å²) in [7, 11) is 1.30. The lowest BCUT2D eigenvalue weighted by molar-refractivity contribution is 0.0926. The number of methoxy groups -OCH3 is 1. The zero-order valence-electron chi connectivity index (χ0n) is 17.5. The van der Waals surface area contributed by atoms with Crippen LogP contribution in [0.25, 0.3) is 0 Å². The normalized spacial score (nSPS) is 11.5. The molecule has 32 heavy (non-hydrogen) atoms. The predicted octanol–water partition coefficient (Wildman–Crippen LogP) is 2.02. The zero-order chi connectivity index (χ0) is 23.1. The first-order valence-electron chi connectivity index (χ1n) is 9.75. The van der Waals surface area contributed by atoms with Crippen LogP contribution in [0.2, 0.25) is 0 Å². The second kappa shape index (κ2) is 10.3. The molecule has 1 aromatic carbocycles. The van der Waals surface area contributed by atoms with Gasteiger partial charge in [0.25, 0.3) is 17.7 Å². The molecule has 3 N–H and O–H groups in total. The first kappa shape index (κ1) is 22.6. The number of carbonyl (C=O) groups is 2. The topological polar surface area (TPSA) is 126 Å². The molecule has 0 saturated carbocycles. The first-order chi connectivity index (χ1) is 15.4. The van der Waals surface area contributed by atoms with Gasteiger partial charge in [-0.1, -0.05) is 18.2 Å². The molecular weight excluding hydrogens is 417 g/mol. The van der Waals surface area contributed by atoms with Crippen molar-refractivity contribution < 1.29 is 23.8 Å². The molecule has 2 aromatic heterocycles. The van der Waals surface area contributed by atoms with Crippen molar-refractivity contribution in [3.8, 4) is 11.6 Å². The van der Waals surface area contributed by atoms with E-state index in [1.807, 2.05) is 0 Å². The quantitative estimate of drug-likeness (QED) is 0.490. The van der Waals surface area contributed by atoms with E-state index in [1.165, 1.54) is 37.6 Å². The molecule has 0 saturated heterocycles. The number of aromatic hydroxyl groups is 1. The van der Waals surface area contributed by atoms with Crippen LogP contribution in [0.1, 0.15) is 39.3 Å². The van der Waals surface area contributed by atoms with Gasteiger partial charge in [0.1, 0.15) is 17.3 Å². The van der Waals surface area contributed by atoms with Gasteiger partial charge in [-0.2, -0.15) is 4.98 Å². The average Bonchev–Trinajstić information content (AvgIpc) is 2.80. The molecule has 0 radical (unpaired) electrons. The van der Waals surface area contributed by atoms with E-state index < -0.39 is 17.7 Å². The van der Waals surface area contributed by atoms with Crippen LogP contribution in [-0.4, -0.2) is 45.0 Å². The van der Waals surface area contributed by atoms with Gasteiger partial charge >= 0.3 is 0 Å². The predicted molar refractivity (Wildman–Crippen MR) is 113 cm³/mol. The van der Waals surface area contributed by atoms with Gasteiger partial charge in [0.05, 0.1) is 7.11 Å². The Labute approximate surface area is 183 Å².